The van der Waals surface area contributed by atoms with Gasteiger partial charge in [-0.15, -0.1) is 12.4 Å². The van der Waals surface area contributed by atoms with Crippen molar-refractivity contribution >= 4 is 18.3 Å². The number of methoxy groups -OCH3 is 1. The number of aromatic nitrogens is 2. The van der Waals surface area contributed by atoms with E-state index in [1.807, 2.05) is 24.0 Å². The summed E-state index contributed by atoms with van der Waals surface area (Å²) >= 11 is 0. The minimum atomic E-state index is -0.241. The van der Waals surface area contributed by atoms with E-state index in [0.29, 0.717) is 18.4 Å². The summed E-state index contributed by atoms with van der Waals surface area (Å²) in [6, 6.07) is 11.6. The number of benzene rings is 1. The predicted molar refractivity (Wildman–Crippen MR) is 112 cm³/mol. The number of nitrogens with zero attached hydrogens (tertiary/aromatic N) is 4. The van der Waals surface area contributed by atoms with Crippen molar-refractivity contribution in [2.24, 2.45) is 11.8 Å². The first-order valence-corrected chi connectivity index (χ1v) is 9.63. The third kappa shape index (κ3) is 4.16. The monoisotopic (exact) mass is 418 g/mol. The van der Waals surface area contributed by atoms with E-state index in [1.165, 1.54) is 16.3 Å². The molecule has 3 heterocycles. The molecule has 1 aromatic carbocycles. The Kier molecular flexibility index (Phi) is 6.29. The Morgan fingerprint density at radius 2 is 1.86 bits per heavy atom. The summed E-state index contributed by atoms with van der Waals surface area (Å²) < 4.78 is 6.53. The zero-order valence-electron chi connectivity index (χ0n) is 16.9. The van der Waals surface area contributed by atoms with Gasteiger partial charge in [-0.2, -0.15) is 5.10 Å². The molecule has 4 rings (SSSR count). The van der Waals surface area contributed by atoms with Crippen LogP contribution in [0.2, 0.25) is 0 Å². The summed E-state index contributed by atoms with van der Waals surface area (Å²) in [5.74, 6) is 1.65. The second-order valence-corrected chi connectivity index (χ2v) is 7.85. The van der Waals surface area contributed by atoms with Gasteiger partial charge in [-0.3, -0.25) is 14.5 Å². The molecule has 0 unspecified atom stereocenters. The largest absolute Gasteiger partial charge is 0.497 e. The topological polar surface area (TPSA) is 67.7 Å². The van der Waals surface area contributed by atoms with Crippen molar-refractivity contribution in [2.45, 2.75) is 19.5 Å². The molecule has 0 bridgehead atoms. The number of halogens is 1. The van der Waals surface area contributed by atoms with Gasteiger partial charge in [0, 0.05) is 37.7 Å². The minimum absolute atomic E-state index is 0. The number of ether oxygens (including phenoxy) is 1. The van der Waals surface area contributed by atoms with Crippen LogP contribution in [0.3, 0.4) is 0 Å². The van der Waals surface area contributed by atoms with Crippen LogP contribution >= 0.6 is 12.4 Å². The molecular formula is C21H27ClN4O3. The van der Waals surface area contributed by atoms with E-state index >= 15 is 0 Å². The normalized spacial score (nSPS) is 23.6. The van der Waals surface area contributed by atoms with Crippen LogP contribution in [-0.2, 0) is 11.3 Å². The molecule has 1 aromatic heterocycles. The summed E-state index contributed by atoms with van der Waals surface area (Å²) in [5, 5.41) is 4.18. The smallest absolute Gasteiger partial charge is 0.267 e. The molecule has 0 radical (unpaired) electrons. The van der Waals surface area contributed by atoms with Gasteiger partial charge in [-0.25, -0.2) is 4.68 Å². The SMILES string of the molecule is COc1ccc([C@H]2[C@@H]3CN(C(=O)Cn4nc(C)ccc4=O)C[C@@H]3CN2C)cc1.Cl. The Morgan fingerprint density at radius 1 is 1.14 bits per heavy atom. The third-order valence-electron chi connectivity index (χ3n) is 5.99. The maximum atomic E-state index is 12.8. The molecular weight excluding hydrogens is 392 g/mol. The van der Waals surface area contributed by atoms with Crippen LogP contribution in [0, 0.1) is 18.8 Å². The molecule has 2 fully saturated rings. The third-order valence-corrected chi connectivity index (χ3v) is 5.99. The van der Waals surface area contributed by atoms with Gasteiger partial charge in [0.1, 0.15) is 12.3 Å². The quantitative estimate of drug-likeness (QED) is 0.756. The van der Waals surface area contributed by atoms with Crippen molar-refractivity contribution in [3.63, 3.8) is 0 Å². The summed E-state index contributed by atoms with van der Waals surface area (Å²) in [7, 11) is 3.82. The summed E-state index contributed by atoms with van der Waals surface area (Å²) in [6.45, 7) is 4.24. The first kappa shape index (κ1) is 21.3. The highest BCUT2D eigenvalue weighted by Crippen LogP contribution is 2.44. The van der Waals surface area contributed by atoms with Crippen molar-refractivity contribution in [3.05, 3.63) is 58.0 Å². The molecule has 8 heteroatoms. The Balaban J connectivity index is 0.00000240. The fraction of sp³-hybridized carbons (Fsp3) is 0.476. The number of rotatable bonds is 4. The molecule has 2 aromatic rings. The molecule has 7 nitrogen and oxygen atoms in total. The molecule has 0 N–H and O–H groups in total. The van der Waals surface area contributed by atoms with Gasteiger partial charge in [0.05, 0.1) is 12.8 Å². The number of aryl methyl sites for hydroxylation is 1. The van der Waals surface area contributed by atoms with Gasteiger partial charge < -0.3 is 9.64 Å². The summed E-state index contributed by atoms with van der Waals surface area (Å²) in [5.41, 5.74) is 1.74. The Labute approximate surface area is 176 Å². The van der Waals surface area contributed by atoms with Crippen molar-refractivity contribution in [3.8, 4) is 5.75 Å². The van der Waals surface area contributed by atoms with Crippen molar-refractivity contribution < 1.29 is 9.53 Å². The Bertz CT molecular complexity index is 930. The van der Waals surface area contributed by atoms with E-state index in [-0.39, 0.29) is 36.5 Å². The standard InChI is InChI=1S/C21H26N4O3.ClH/c1-14-4-9-19(26)25(22-14)13-20(27)24-11-16-10-23(2)21(18(16)12-24)15-5-7-17(28-3)8-6-15;/h4-9,16,18,21H,10-13H2,1-3H3;1H/t16-,18+,21-;/m0./s1. The highest BCUT2D eigenvalue weighted by atomic mass is 35.5. The van der Waals surface area contributed by atoms with Crippen LogP contribution in [0.4, 0.5) is 0 Å². The molecule has 2 saturated heterocycles. The average Bonchev–Trinajstić information content (AvgIpc) is 3.21. The highest BCUT2D eigenvalue weighted by Gasteiger charge is 2.47. The summed E-state index contributed by atoms with van der Waals surface area (Å²) in [6.07, 6.45) is 0. The number of carbonyl (C=O) groups is 1. The molecule has 2 aliphatic rings. The van der Waals surface area contributed by atoms with Gasteiger partial charge in [0.2, 0.25) is 5.91 Å². The summed E-state index contributed by atoms with van der Waals surface area (Å²) in [4.78, 5) is 29.1. The maximum absolute atomic E-state index is 12.8. The number of amides is 1. The first-order chi connectivity index (χ1) is 13.5. The van der Waals surface area contributed by atoms with Gasteiger partial charge in [0.25, 0.3) is 5.56 Å². The average molecular weight is 419 g/mol. The lowest BCUT2D eigenvalue weighted by molar-refractivity contribution is -0.131. The van der Waals surface area contributed by atoms with E-state index in [4.69, 9.17) is 4.74 Å². The van der Waals surface area contributed by atoms with E-state index in [2.05, 4.69) is 29.2 Å². The number of carbonyl (C=O) groups excluding carboxylic acids is 1. The van der Waals surface area contributed by atoms with E-state index in [9.17, 15) is 9.59 Å². The van der Waals surface area contributed by atoms with Crippen LogP contribution in [0.15, 0.2) is 41.2 Å². The van der Waals surface area contributed by atoms with Crippen LogP contribution in [0.25, 0.3) is 0 Å². The number of hydrogen-bond donors (Lipinski definition) is 0. The zero-order chi connectivity index (χ0) is 19.8. The lowest BCUT2D eigenvalue weighted by Gasteiger charge is -2.27. The van der Waals surface area contributed by atoms with Crippen molar-refractivity contribution in [1.82, 2.24) is 19.6 Å². The molecule has 29 heavy (non-hydrogen) atoms. The van der Waals surface area contributed by atoms with E-state index in [1.54, 1.807) is 13.2 Å². The molecule has 3 atom stereocenters. The molecule has 0 saturated carbocycles. The number of likely N-dealkylation sites (tertiary alicyclic amines) is 2. The zero-order valence-corrected chi connectivity index (χ0v) is 17.8. The number of hydrogen-bond acceptors (Lipinski definition) is 5. The van der Waals surface area contributed by atoms with E-state index in [0.717, 1.165) is 24.5 Å². The number of fused-ring (bicyclic) bond motifs is 1. The lowest BCUT2D eigenvalue weighted by Crippen LogP contribution is -2.38. The minimum Gasteiger partial charge on any atom is -0.497 e. The van der Waals surface area contributed by atoms with Crippen molar-refractivity contribution in [1.29, 1.82) is 0 Å². The predicted octanol–water partition coefficient (Wildman–Crippen LogP) is 1.74. The van der Waals surface area contributed by atoms with Crippen LogP contribution < -0.4 is 10.3 Å². The Morgan fingerprint density at radius 3 is 2.55 bits per heavy atom. The fourth-order valence-corrected chi connectivity index (χ4v) is 4.66. The Hall–Kier alpha value is -2.38. The molecule has 0 aliphatic carbocycles. The molecule has 0 spiro atoms. The van der Waals surface area contributed by atoms with E-state index < -0.39 is 0 Å². The van der Waals surface area contributed by atoms with Crippen LogP contribution in [-0.4, -0.2) is 59.3 Å². The lowest BCUT2D eigenvalue weighted by atomic mass is 9.89. The molecule has 2 aliphatic heterocycles. The van der Waals surface area contributed by atoms with Gasteiger partial charge in [0.15, 0.2) is 0 Å². The van der Waals surface area contributed by atoms with Crippen molar-refractivity contribution in [2.75, 3.05) is 33.8 Å². The molecule has 156 valence electrons. The maximum Gasteiger partial charge on any atom is 0.267 e. The second kappa shape index (κ2) is 8.55. The van der Waals surface area contributed by atoms with Crippen LogP contribution in [0.5, 0.6) is 5.75 Å². The first-order valence-electron chi connectivity index (χ1n) is 9.63. The van der Waals surface area contributed by atoms with Gasteiger partial charge in [-0.05, 0) is 43.7 Å². The second-order valence-electron chi connectivity index (χ2n) is 7.85. The van der Waals surface area contributed by atoms with Crippen LogP contribution in [0.1, 0.15) is 17.3 Å². The van der Waals surface area contributed by atoms with Gasteiger partial charge in [-0.1, -0.05) is 12.1 Å². The fourth-order valence-electron chi connectivity index (χ4n) is 4.66. The molecule has 1 amide bonds. The highest BCUT2D eigenvalue weighted by molar-refractivity contribution is 5.85. The van der Waals surface area contributed by atoms with Gasteiger partial charge >= 0.3 is 0 Å².